The molecule has 2 heterocycles. The van der Waals surface area contributed by atoms with Gasteiger partial charge in [0.25, 0.3) is 11.8 Å². The van der Waals surface area contributed by atoms with Crippen LogP contribution in [0.4, 0.5) is 0 Å². The normalized spacial score (nSPS) is 12.1. The zero-order chi connectivity index (χ0) is 24.2. The zero-order valence-electron chi connectivity index (χ0n) is 19.9. The zero-order valence-corrected chi connectivity index (χ0v) is 20.7. The first kappa shape index (κ1) is 23.7. The molecule has 2 amide bonds. The lowest BCUT2D eigenvalue weighted by atomic mass is 10.0. The van der Waals surface area contributed by atoms with E-state index < -0.39 is 0 Å². The maximum absolute atomic E-state index is 13.6. The number of nitrogens with one attached hydrogen (secondary N) is 1. The van der Waals surface area contributed by atoms with Crippen LogP contribution in [0.25, 0.3) is 21.4 Å². The lowest BCUT2D eigenvalue weighted by Gasteiger charge is -2.29. The first-order valence-corrected chi connectivity index (χ1v) is 12.2. The summed E-state index contributed by atoms with van der Waals surface area (Å²) in [5.74, 6) is 0.0244. The van der Waals surface area contributed by atoms with Crippen molar-refractivity contribution in [3.05, 3.63) is 77.1 Å². The summed E-state index contributed by atoms with van der Waals surface area (Å²) in [6.45, 7) is 6.48. The van der Waals surface area contributed by atoms with Gasteiger partial charge in [0.2, 0.25) is 0 Å². The summed E-state index contributed by atoms with van der Waals surface area (Å²) in [5.41, 5.74) is 2.67. The Labute approximate surface area is 203 Å². The van der Waals surface area contributed by atoms with Crippen LogP contribution < -0.4 is 5.32 Å². The van der Waals surface area contributed by atoms with Crippen molar-refractivity contribution in [1.82, 2.24) is 15.2 Å². The number of fused-ring (bicyclic) bond motifs is 1. The summed E-state index contributed by atoms with van der Waals surface area (Å²) in [6.07, 6.45) is 2.33. The molecule has 1 atom stereocenters. The van der Waals surface area contributed by atoms with Gasteiger partial charge in [0.1, 0.15) is 11.3 Å². The van der Waals surface area contributed by atoms with E-state index in [9.17, 15) is 9.59 Å². The van der Waals surface area contributed by atoms with Gasteiger partial charge in [-0.25, -0.2) is 4.98 Å². The lowest BCUT2D eigenvalue weighted by Crippen LogP contribution is -2.45. The van der Waals surface area contributed by atoms with E-state index in [1.807, 2.05) is 43.3 Å². The molecule has 1 unspecified atom stereocenters. The number of benzene rings is 2. The Kier molecular flexibility index (Phi) is 7.12. The topological polar surface area (TPSA) is 75.4 Å². The molecule has 6 nitrogen and oxygen atoms in total. The molecule has 0 radical (unpaired) electrons. The lowest BCUT2D eigenvalue weighted by molar-refractivity contribution is 0.0695. The molecule has 34 heavy (non-hydrogen) atoms. The Morgan fingerprint density at radius 2 is 1.85 bits per heavy atom. The first-order valence-electron chi connectivity index (χ1n) is 11.4. The molecule has 0 aliphatic heterocycles. The van der Waals surface area contributed by atoms with Crippen molar-refractivity contribution in [2.24, 2.45) is 5.92 Å². The third kappa shape index (κ3) is 5.04. The van der Waals surface area contributed by atoms with E-state index in [1.54, 1.807) is 36.4 Å². The molecule has 0 fully saturated rings. The number of nitrogens with zero attached hydrogens (tertiary/aromatic N) is 2. The summed E-state index contributed by atoms with van der Waals surface area (Å²) in [6, 6.07) is 16.9. The fourth-order valence-electron chi connectivity index (χ4n) is 4.11. The predicted molar refractivity (Wildman–Crippen MR) is 136 cm³/mol. The molecule has 4 rings (SSSR count). The van der Waals surface area contributed by atoms with Crippen LogP contribution in [0, 0.1) is 12.8 Å². The number of carbonyl (C=O) groups is 2. The molecule has 176 valence electrons. The largest absolute Gasteiger partial charge is 0.464 e. The number of thiazole rings is 1. The summed E-state index contributed by atoms with van der Waals surface area (Å²) in [4.78, 5) is 33.7. The van der Waals surface area contributed by atoms with Crippen molar-refractivity contribution in [3.63, 3.8) is 0 Å². The molecular formula is C27H29N3O3S. The van der Waals surface area contributed by atoms with E-state index in [-0.39, 0.29) is 17.9 Å². The number of likely N-dealkylation sites (N-methyl/N-ethyl adjacent to an activating group) is 1. The number of amides is 2. The standard InChI is InChI=1S/C27H29N3O3S/c1-17(2)15-20(16-28-26(31)22-11-8-12-23-21(22)13-14-33-23)30(4)27(32)24-25(34-18(3)29-24)19-9-6-5-7-10-19/h5-14,17,20H,15-16H2,1-4H3,(H,28,31). The minimum atomic E-state index is -0.184. The quantitative estimate of drug-likeness (QED) is 0.350. The third-order valence-corrected chi connectivity index (χ3v) is 6.84. The van der Waals surface area contributed by atoms with Gasteiger partial charge in [0.05, 0.1) is 21.7 Å². The van der Waals surface area contributed by atoms with Crippen LogP contribution in [0.1, 0.15) is 46.1 Å². The van der Waals surface area contributed by atoms with Gasteiger partial charge in [0, 0.05) is 25.0 Å². The smallest absolute Gasteiger partial charge is 0.274 e. The summed E-state index contributed by atoms with van der Waals surface area (Å²) < 4.78 is 5.42. The van der Waals surface area contributed by atoms with Crippen LogP contribution in [0.5, 0.6) is 0 Å². The van der Waals surface area contributed by atoms with Gasteiger partial charge in [-0.15, -0.1) is 11.3 Å². The first-order chi connectivity index (χ1) is 16.3. The number of furan rings is 1. The minimum absolute atomic E-state index is 0.139. The average molecular weight is 476 g/mol. The molecule has 0 saturated heterocycles. The van der Waals surface area contributed by atoms with Gasteiger partial charge in [-0.05, 0) is 43.0 Å². The van der Waals surface area contributed by atoms with Crippen LogP contribution >= 0.6 is 11.3 Å². The maximum Gasteiger partial charge on any atom is 0.274 e. The van der Waals surface area contributed by atoms with Crippen molar-refractivity contribution in [1.29, 1.82) is 0 Å². The van der Waals surface area contributed by atoms with E-state index in [4.69, 9.17) is 4.42 Å². The van der Waals surface area contributed by atoms with E-state index >= 15 is 0 Å². The number of carbonyl (C=O) groups excluding carboxylic acids is 2. The second-order valence-corrected chi connectivity index (χ2v) is 10.0. The maximum atomic E-state index is 13.6. The second-order valence-electron chi connectivity index (χ2n) is 8.82. The van der Waals surface area contributed by atoms with Gasteiger partial charge in [-0.1, -0.05) is 50.2 Å². The van der Waals surface area contributed by atoms with Gasteiger partial charge < -0.3 is 14.6 Å². The molecule has 0 aliphatic rings. The highest BCUT2D eigenvalue weighted by molar-refractivity contribution is 7.15. The van der Waals surface area contributed by atoms with Crippen LogP contribution in [-0.2, 0) is 0 Å². The van der Waals surface area contributed by atoms with E-state index in [1.165, 1.54) is 11.3 Å². The van der Waals surface area contributed by atoms with E-state index in [2.05, 4.69) is 24.1 Å². The molecule has 4 aromatic rings. The Morgan fingerprint density at radius 3 is 2.59 bits per heavy atom. The van der Waals surface area contributed by atoms with Crippen molar-refractivity contribution in [2.75, 3.05) is 13.6 Å². The molecule has 0 spiro atoms. The van der Waals surface area contributed by atoms with Crippen molar-refractivity contribution in [2.45, 2.75) is 33.2 Å². The predicted octanol–water partition coefficient (Wildman–Crippen LogP) is 5.78. The number of rotatable bonds is 8. The molecule has 0 saturated carbocycles. The Balaban J connectivity index is 1.54. The molecule has 2 aromatic carbocycles. The fourth-order valence-corrected chi connectivity index (χ4v) is 5.03. The monoisotopic (exact) mass is 475 g/mol. The Bertz CT molecular complexity index is 1290. The van der Waals surface area contributed by atoms with Gasteiger partial charge in [-0.3, -0.25) is 9.59 Å². The minimum Gasteiger partial charge on any atom is -0.464 e. The fraction of sp³-hybridized carbons (Fsp3) is 0.296. The molecule has 1 N–H and O–H groups in total. The van der Waals surface area contributed by atoms with Crippen molar-refractivity contribution < 1.29 is 14.0 Å². The van der Waals surface area contributed by atoms with Crippen molar-refractivity contribution >= 4 is 34.1 Å². The van der Waals surface area contributed by atoms with Crippen LogP contribution in [-0.4, -0.2) is 41.3 Å². The number of aromatic nitrogens is 1. The average Bonchev–Trinajstić information content (AvgIpc) is 3.47. The van der Waals surface area contributed by atoms with Crippen LogP contribution in [0.2, 0.25) is 0 Å². The molecule has 2 aromatic heterocycles. The number of hydrogen-bond donors (Lipinski definition) is 1. The van der Waals surface area contributed by atoms with E-state index in [0.717, 1.165) is 27.3 Å². The molecule has 7 heteroatoms. The summed E-state index contributed by atoms with van der Waals surface area (Å²) >= 11 is 1.52. The highest BCUT2D eigenvalue weighted by atomic mass is 32.1. The SMILES string of the molecule is Cc1nc(C(=O)N(C)C(CNC(=O)c2cccc3occc23)CC(C)C)c(-c2ccccc2)s1. The van der Waals surface area contributed by atoms with Crippen molar-refractivity contribution in [3.8, 4) is 10.4 Å². The van der Waals surface area contributed by atoms with Gasteiger partial charge in [0.15, 0.2) is 0 Å². The highest BCUT2D eigenvalue weighted by Gasteiger charge is 2.27. The second kappa shape index (κ2) is 10.2. The highest BCUT2D eigenvalue weighted by Crippen LogP contribution is 2.31. The van der Waals surface area contributed by atoms with E-state index in [0.29, 0.717) is 29.3 Å². The molecule has 0 bridgehead atoms. The summed E-state index contributed by atoms with van der Waals surface area (Å²) in [7, 11) is 1.79. The Hall–Kier alpha value is -3.45. The summed E-state index contributed by atoms with van der Waals surface area (Å²) in [5, 5.41) is 4.65. The number of aryl methyl sites for hydroxylation is 1. The van der Waals surface area contributed by atoms with Gasteiger partial charge >= 0.3 is 0 Å². The molecule has 0 aliphatic carbocycles. The Morgan fingerprint density at radius 1 is 1.09 bits per heavy atom. The van der Waals surface area contributed by atoms with Gasteiger partial charge in [-0.2, -0.15) is 0 Å². The molecular weight excluding hydrogens is 446 g/mol. The van der Waals surface area contributed by atoms with Crippen LogP contribution in [0.15, 0.2) is 65.3 Å². The number of hydrogen-bond acceptors (Lipinski definition) is 5. The third-order valence-electron chi connectivity index (χ3n) is 5.82. The van der Waals surface area contributed by atoms with Crippen LogP contribution in [0.3, 0.4) is 0 Å².